The van der Waals surface area contributed by atoms with Crippen molar-refractivity contribution < 1.29 is 12.8 Å². The van der Waals surface area contributed by atoms with Gasteiger partial charge < -0.3 is 5.32 Å². The monoisotopic (exact) mass is 523 g/mol. The van der Waals surface area contributed by atoms with Crippen LogP contribution in [0.15, 0.2) is 59.9 Å². The van der Waals surface area contributed by atoms with Crippen molar-refractivity contribution in [1.82, 2.24) is 19.9 Å². The first-order chi connectivity index (χ1) is 17.2. The van der Waals surface area contributed by atoms with Crippen molar-refractivity contribution in [2.45, 2.75) is 43.3 Å². The van der Waals surface area contributed by atoms with Gasteiger partial charge in [-0.15, -0.1) is 0 Å². The fraction of sp³-hybridized carbons (Fsp3) is 0.231. The molecule has 3 heterocycles. The molecule has 0 radical (unpaired) electrons. The fourth-order valence-electron chi connectivity index (χ4n) is 3.98. The molecule has 0 amide bonds. The van der Waals surface area contributed by atoms with E-state index in [9.17, 15) is 12.8 Å². The zero-order chi connectivity index (χ0) is 25.4. The molecule has 184 valence electrons. The Morgan fingerprint density at radius 3 is 2.56 bits per heavy atom. The van der Waals surface area contributed by atoms with Crippen molar-refractivity contribution in [3.8, 4) is 11.1 Å². The van der Waals surface area contributed by atoms with Crippen LogP contribution in [-0.4, -0.2) is 28.4 Å². The molecule has 0 atom stereocenters. The summed E-state index contributed by atoms with van der Waals surface area (Å²) < 4.78 is 40.6. The second kappa shape index (κ2) is 9.55. The van der Waals surface area contributed by atoms with Gasteiger partial charge in [0.1, 0.15) is 33.3 Å². The van der Waals surface area contributed by atoms with E-state index < -0.39 is 21.4 Å². The van der Waals surface area contributed by atoms with Crippen molar-refractivity contribution >= 4 is 33.1 Å². The first kappa shape index (κ1) is 24.3. The van der Waals surface area contributed by atoms with Crippen LogP contribution in [0.3, 0.4) is 0 Å². The molecule has 1 N–H and O–H groups in total. The van der Waals surface area contributed by atoms with Crippen LogP contribution < -0.4 is 5.32 Å². The Morgan fingerprint density at radius 1 is 1.03 bits per heavy atom. The van der Waals surface area contributed by atoms with Crippen LogP contribution in [0.1, 0.15) is 41.3 Å². The van der Waals surface area contributed by atoms with E-state index in [1.807, 2.05) is 6.07 Å². The second-order valence-corrected chi connectivity index (χ2v) is 11.2. The maximum absolute atomic E-state index is 14.4. The molecule has 1 aromatic carbocycles. The summed E-state index contributed by atoms with van der Waals surface area (Å²) >= 11 is 6.32. The molecule has 1 fully saturated rings. The zero-order valence-electron chi connectivity index (χ0n) is 19.7. The molecular weight excluding hydrogens is 501 g/mol. The predicted octanol–water partition coefficient (Wildman–Crippen LogP) is 5.94. The Morgan fingerprint density at radius 2 is 1.81 bits per heavy atom. The smallest absolute Gasteiger partial charge is 0.185 e. The number of nitrogens with one attached hydrogen (secondary N) is 1. The van der Waals surface area contributed by atoms with E-state index in [0.717, 1.165) is 24.2 Å². The maximum atomic E-state index is 14.4. The highest BCUT2D eigenvalue weighted by Gasteiger charge is 2.27. The van der Waals surface area contributed by atoms with E-state index >= 15 is 0 Å². The Hall–Kier alpha value is -3.43. The van der Waals surface area contributed by atoms with Crippen LogP contribution in [0.4, 0.5) is 16.0 Å². The van der Waals surface area contributed by atoms with Gasteiger partial charge in [-0.05, 0) is 73.7 Å². The predicted molar refractivity (Wildman–Crippen MR) is 137 cm³/mol. The lowest BCUT2D eigenvalue weighted by Crippen LogP contribution is -2.10. The van der Waals surface area contributed by atoms with E-state index in [0.29, 0.717) is 39.8 Å². The number of pyridine rings is 2. The third kappa shape index (κ3) is 5.08. The zero-order valence-corrected chi connectivity index (χ0v) is 21.2. The third-order valence-electron chi connectivity index (χ3n) is 6.11. The van der Waals surface area contributed by atoms with Crippen LogP contribution in [0.25, 0.3) is 11.1 Å². The number of rotatable bonds is 7. The number of aryl methyl sites for hydroxylation is 1. The van der Waals surface area contributed by atoms with E-state index in [1.165, 1.54) is 12.1 Å². The minimum absolute atomic E-state index is 0.0633. The molecule has 4 aromatic rings. The van der Waals surface area contributed by atoms with Gasteiger partial charge in [-0.25, -0.2) is 32.7 Å². The molecule has 0 saturated heterocycles. The van der Waals surface area contributed by atoms with Crippen LogP contribution in [0, 0.1) is 19.7 Å². The van der Waals surface area contributed by atoms with Crippen molar-refractivity contribution in [2.75, 3.05) is 5.32 Å². The van der Waals surface area contributed by atoms with Gasteiger partial charge in [0.25, 0.3) is 0 Å². The largest absolute Gasteiger partial charge is 0.325 e. The second-order valence-electron chi connectivity index (χ2n) is 8.89. The van der Waals surface area contributed by atoms with Crippen molar-refractivity contribution in [3.05, 3.63) is 88.5 Å². The van der Waals surface area contributed by atoms with Gasteiger partial charge in [0.15, 0.2) is 9.84 Å². The van der Waals surface area contributed by atoms with E-state index in [-0.39, 0.29) is 10.0 Å². The molecule has 1 saturated carbocycles. The number of hydrogen-bond donors (Lipinski definition) is 1. The number of hydrogen-bond acceptors (Lipinski definition) is 7. The molecular formula is C26H23ClFN5O2S. The highest BCUT2D eigenvalue weighted by Crippen LogP contribution is 2.38. The Bertz CT molecular complexity index is 1570. The molecule has 1 aliphatic carbocycles. The van der Waals surface area contributed by atoms with E-state index in [1.54, 1.807) is 50.6 Å². The Labute approximate surface area is 213 Å². The van der Waals surface area contributed by atoms with Gasteiger partial charge >= 0.3 is 0 Å². The Balaban J connectivity index is 1.45. The normalized spacial score (nSPS) is 13.6. The molecule has 36 heavy (non-hydrogen) atoms. The number of sulfone groups is 1. The van der Waals surface area contributed by atoms with Gasteiger partial charge in [0, 0.05) is 35.6 Å². The van der Waals surface area contributed by atoms with Crippen molar-refractivity contribution in [3.63, 3.8) is 0 Å². The lowest BCUT2D eigenvalue weighted by Gasteiger charge is -2.14. The first-order valence-corrected chi connectivity index (χ1v) is 13.4. The van der Waals surface area contributed by atoms with Gasteiger partial charge in [0.05, 0.1) is 5.75 Å². The molecule has 7 nitrogen and oxygen atoms in total. The summed E-state index contributed by atoms with van der Waals surface area (Å²) in [7, 11) is -4.00. The molecule has 0 aliphatic heterocycles. The standard InChI is InChI=1S/C26H23ClFN5O2S/c1-15-3-6-22(21(28)11-15)36(34,35)14-20-16(2)19(13-31-25(20)27)18-7-9-29-24(12-18)32-23-8-10-30-26(33-23)17-4-5-17/h3,6-13,17H,4-5,14H2,1-2H3,(H,29,30,32,33). The Kier molecular flexibility index (Phi) is 6.44. The highest BCUT2D eigenvalue weighted by molar-refractivity contribution is 7.90. The average Bonchev–Trinajstić information content (AvgIpc) is 3.68. The minimum Gasteiger partial charge on any atom is -0.325 e. The number of halogens is 2. The van der Waals surface area contributed by atoms with Gasteiger partial charge in [0.2, 0.25) is 0 Å². The number of benzene rings is 1. The van der Waals surface area contributed by atoms with Gasteiger partial charge in [-0.2, -0.15) is 0 Å². The molecule has 0 spiro atoms. The van der Waals surface area contributed by atoms with Crippen LogP contribution in [0.2, 0.25) is 5.15 Å². The van der Waals surface area contributed by atoms with Crippen molar-refractivity contribution in [1.29, 1.82) is 0 Å². The molecule has 1 aliphatic rings. The molecule has 0 unspecified atom stereocenters. The van der Waals surface area contributed by atoms with Crippen LogP contribution in [0.5, 0.6) is 0 Å². The first-order valence-electron chi connectivity index (χ1n) is 11.4. The van der Waals surface area contributed by atoms with Crippen molar-refractivity contribution in [2.24, 2.45) is 0 Å². The van der Waals surface area contributed by atoms with Crippen LogP contribution >= 0.6 is 11.6 Å². The SMILES string of the molecule is Cc1ccc(S(=O)(=O)Cc2c(Cl)ncc(-c3ccnc(Nc4ccnc(C5CC5)n4)c3)c2C)c(F)c1. The molecule has 3 aromatic heterocycles. The summed E-state index contributed by atoms with van der Waals surface area (Å²) in [5.41, 5.74) is 3.07. The van der Waals surface area contributed by atoms with Crippen LogP contribution in [-0.2, 0) is 15.6 Å². The summed E-state index contributed by atoms with van der Waals surface area (Å²) in [6, 6.07) is 9.46. The summed E-state index contributed by atoms with van der Waals surface area (Å²) in [5, 5.41) is 3.27. The average molecular weight is 524 g/mol. The lowest BCUT2D eigenvalue weighted by molar-refractivity contribution is 0.565. The molecule has 0 bridgehead atoms. The summed E-state index contributed by atoms with van der Waals surface area (Å²) in [5.74, 6) is 1.21. The summed E-state index contributed by atoms with van der Waals surface area (Å²) in [6.07, 6.45) is 7.18. The summed E-state index contributed by atoms with van der Waals surface area (Å²) in [4.78, 5) is 17.1. The van der Waals surface area contributed by atoms with Gasteiger partial charge in [-0.1, -0.05) is 17.7 Å². The minimum atomic E-state index is -4.00. The molecule has 5 rings (SSSR count). The topological polar surface area (TPSA) is 97.7 Å². The maximum Gasteiger partial charge on any atom is 0.185 e. The third-order valence-corrected chi connectivity index (χ3v) is 8.11. The molecule has 10 heteroatoms. The van der Waals surface area contributed by atoms with Gasteiger partial charge in [-0.3, -0.25) is 0 Å². The summed E-state index contributed by atoms with van der Waals surface area (Å²) in [6.45, 7) is 3.47. The van der Waals surface area contributed by atoms with E-state index in [2.05, 4.69) is 25.3 Å². The van der Waals surface area contributed by atoms with E-state index in [4.69, 9.17) is 11.6 Å². The number of aromatic nitrogens is 4. The lowest BCUT2D eigenvalue weighted by atomic mass is 10.0. The number of anilines is 2. The fourth-order valence-corrected chi connectivity index (χ4v) is 5.83. The quantitative estimate of drug-likeness (QED) is 0.299. The number of nitrogens with zero attached hydrogens (tertiary/aromatic N) is 4. The highest BCUT2D eigenvalue weighted by atomic mass is 35.5.